The van der Waals surface area contributed by atoms with E-state index in [1.165, 1.54) is 0 Å². The van der Waals surface area contributed by atoms with Crippen LogP contribution in [0.1, 0.15) is 18.3 Å². The summed E-state index contributed by atoms with van der Waals surface area (Å²) in [7, 11) is 1.66. The standard InChI is InChI=1S/C14H15ClN2OS/c1-4-12-16-13(15)9(2)14(17-12)19-11-7-5-6-10(8-11)18-3/h5-8H,4H2,1-3H3. The van der Waals surface area contributed by atoms with E-state index in [0.29, 0.717) is 5.15 Å². The Balaban J connectivity index is 2.34. The molecule has 0 aliphatic heterocycles. The number of rotatable bonds is 4. The molecular formula is C14H15ClN2OS. The molecule has 0 aliphatic rings. The van der Waals surface area contributed by atoms with Gasteiger partial charge in [0.25, 0.3) is 0 Å². The highest BCUT2D eigenvalue weighted by atomic mass is 35.5. The van der Waals surface area contributed by atoms with E-state index in [0.717, 1.165) is 33.5 Å². The number of nitrogens with zero attached hydrogens (tertiary/aromatic N) is 2. The van der Waals surface area contributed by atoms with E-state index < -0.39 is 0 Å². The lowest BCUT2D eigenvalue weighted by molar-refractivity contribution is 0.413. The second kappa shape index (κ2) is 6.26. The maximum Gasteiger partial charge on any atom is 0.136 e. The molecule has 100 valence electrons. The van der Waals surface area contributed by atoms with Crippen LogP contribution in [0, 0.1) is 6.92 Å². The summed E-state index contributed by atoms with van der Waals surface area (Å²) in [6.45, 7) is 3.95. The van der Waals surface area contributed by atoms with E-state index in [-0.39, 0.29) is 0 Å². The number of ether oxygens (including phenoxy) is 1. The van der Waals surface area contributed by atoms with E-state index in [2.05, 4.69) is 9.97 Å². The Hall–Kier alpha value is -1.26. The van der Waals surface area contributed by atoms with Crippen molar-refractivity contribution >= 4 is 23.4 Å². The highest BCUT2D eigenvalue weighted by Gasteiger charge is 2.10. The minimum absolute atomic E-state index is 0.525. The van der Waals surface area contributed by atoms with Crippen molar-refractivity contribution in [1.82, 2.24) is 9.97 Å². The predicted molar refractivity (Wildman–Crippen MR) is 78.3 cm³/mol. The quantitative estimate of drug-likeness (QED) is 0.793. The van der Waals surface area contributed by atoms with E-state index >= 15 is 0 Å². The molecule has 0 atom stereocenters. The molecule has 0 saturated heterocycles. The number of hydrogen-bond donors (Lipinski definition) is 0. The molecule has 5 heteroatoms. The van der Waals surface area contributed by atoms with Crippen LogP contribution >= 0.6 is 23.4 Å². The third kappa shape index (κ3) is 3.39. The van der Waals surface area contributed by atoms with Gasteiger partial charge in [0, 0.05) is 16.9 Å². The molecule has 0 saturated carbocycles. The minimum Gasteiger partial charge on any atom is -0.497 e. The first-order valence-electron chi connectivity index (χ1n) is 5.99. The molecule has 1 aromatic heterocycles. The lowest BCUT2D eigenvalue weighted by Gasteiger charge is -2.08. The van der Waals surface area contributed by atoms with E-state index in [1.807, 2.05) is 38.1 Å². The van der Waals surface area contributed by atoms with Gasteiger partial charge in [-0.15, -0.1) is 0 Å². The van der Waals surface area contributed by atoms with Crippen LogP contribution in [0.3, 0.4) is 0 Å². The van der Waals surface area contributed by atoms with Crippen molar-refractivity contribution in [2.75, 3.05) is 7.11 Å². The molecule has 1 heterocycles. The summed E-state index contributed by atoms with van der Waals surface area (Å²) in [5.41, 5.74) is 0.909. The Morgan fingerprint density at radius 1 is 1.32 bits per heavy atom. The highest BCUT2D eigenvalue weighted by Crippen LogP contribution is 2.32. The number of aromatic nitrogens is 2. The van der Waals surface area contributed by atoms with Gasteiger partial charge in [-0.2, -0.15) is 0 Å². The van der Waals surface area contributed by atoms with Gasteiger partial charge in [0.15, 0.2) is 0 Å². The average Bonchev–Trinajstić information content (AvgIpc) is 2.43. The molecule has 0 bridgehead atoms. The molecule has 0 unspecified atom stereocenters. The summed E-state index contributed by atoms with van der Waals surface area (Å²) in [4.78, 5) is 9.84. The fraction of sp³-hybridized carbons (Fsp3) is 0.286. The Bertz CT molecular complexity index is 590. The van der Waals surface area contributed by atoms with Gasteiger partial charge in [0.05, 0.1) is 7.11 Å². The van der Waals surface area contributed by atoms with Gasteiger partial charge >= 0.3 is 0 Å². The summed E-state index contributed by atoms with van der Waals surface area (Å²) >= 11 is 7.71. The van der Waals surface area contributed by atoms with Gasteiger partial charge < -0.3 is 4.74 Å². The van der Waals surface area contributed by atoms with Gasteiger partial charge in [-0.1, -0.05) is 36.4 Å². The minimum atomic E-state index is 0.525. The van der Waals surface area contributed by atoms with Gasteiger partial charge in [-0.25, -0.2) is 9.97 Å². The van der Waals surface area contributed by atoms with Crippen LogP contribution in [-0.4, -0.2) is 17.1 Å². The van der Waals surface area contributed by atoms with E-state index in [1.54, 1.807) is 18.9 Å². The van der Waals surface area contributed by atoms with Crippen molar-refractivity contribution in [1.29, 1.82) is 0 Å². The lowest BCUT2D eigenvalue weighted by Crippen LogP contribution is -1.98. The van der Waals surface area contributed by atoms with Crippen molar-refractivity contribution < 1.29 is 4.74 Å². The molecule has 0 spiro atoms. The van der Waals surface area contributed by atoms with E-state index in [4.69, 9.17) is 16.3 Å². The Morgan fingerprint density at radius 2 is 2.11 bits per heavy atom. The van der Waals surface area contributed by atoms with Gasteiger partial charge in [0.2, 0.25) is 0 Å². The first-order chi connectivity index (χ1) is 9.13. The fourth-order valence-corrected chi connectivity index (χ4v) is 2.73. The van der Waals surface area contributed by atoms with Gasteiger partial charge in [-0.05, 0) is 25.1 Å². The normalized spacial score (nSPS) is 10.5. The molecule has 0 aliphatic carbocycles. The van der Waals surface area contributed by atoms with Crippen molar-refractivity contribution in [3.8, 4) is 5.75 Å². The van der Waals surface area contributed by atoms with Crippen LogP contribution in [-0.2, 0) is 6.42 Å². The van der Waals surface area contributed by atoms with Crippen LogP contribution in [0.5, 0.6) is 5.75 Å². The summed E-state index contributed by atoms with van der Waals surface area (Å²) in [5.74, 6) is 1.60. The number of aryl methyl sites for hydroxylation is 1. The van der Waals surface area contributed by atoms with Gasteiger partial charge in [-0.3, -0.25) is 0 Å². The molecule has 19 heavy (non-hydrogen) atoms. The zero-order chi connectivity index (χ0) is 13.8. The largest absolute Gasteiger partial charge is 0.497 e. The zero-order valence-electron chi connectivity index (χ0n) is 11.1. The molecule has 2 rings (SSSR count). The van der Waals surface area contributed by atoms with Crippen LogP contribution in [0.4, 0.5) is 0 Å². The number of methoxy groups -OCH3 is 1. The van der Waals surface area contributed by atoms with Crippen LogP contribution in [0.2, 0.25) is 5.15 Å². The zero-order valence-corrected chi connectivity index (χ0v) is 12.7. The SMILES string of the molecule is CCc1nc(Cl)c(C)c(Sc2cccc(OC)c2)n1. The van der Waals surface area contributed by atoms with Crippen molar-refractivity contribution in [3.05, 3.63) is 40.8 Å². The van der Waals surface area contributed by atoms with Crippen molar-refractivity contribution in [2.45, 2.75) is 30.2 Å². The van der Waals surface area contributed by atoms with Crippen molar-refractivity contribution in [3.63, 3.8) is 0 Å². The molecule has 0 radical (unpaired) electrons. The fourth-order valence-electron chi connectivity index (χ4n) is 1.55. The van der Waals surface area contributed by atoms with E-state index in [9.17, 15) is 0 Å². The smallest absolute Gasteiger partial charge is 0.136 e. The molecule has 1 aromatic carbocycles. The summed E-state index contributed by atoms with van der Waals surface area (Å²) in [6, 6.07) is 7.88. The Kier molecular flexibility index (Phi) is 4.66. The summed E-state index contributed by atoms with van der Waals surface area (Å²) in [6.07, 6.45) is 0.770. The topological polar surface area (TPSA) is 35.0 Å². The molecule has 0 fully saturated rings. The molecule has 2 aromatic rings. The first kappa shape index (κ1) is 14.2. The maximum atomic E-state index is 6.13. The Labute approximate surface area is 122 Å². The molecule has 0 N–H and O–H groups in total. The second-order valence-electron chi connectivity index (χ2n) is 4.00. The molecule has 0 amide bonds. The molecule has 3 nitrogen and oxygen atoms in total. The summed E-state index contributed by atoms with van der Waals surface area (Å²) < 4.78 is 5.22. The monoisotopic (exact) mass is 294 g/mol. The van der Waals surface area contributed by atoms with Crippen LogP contribution in [0.15, 0.2) is 34.2 Å². The molecular weight excluding hydrogens is 280 g/mol. The first-order valence-corrected chi connectivity index (χ1v) is 7.18. The number of halogens is 1. The highest BCUT2D eigenvalue weighted by molar-refractivity contribution is 7.99. The predicted octanol–water partition coefficient (Wildman–Crippen LogP) is 4.16. The van der Waals surface area contributed by atoms with Crippen molar-refractivity contribution in [2.24, 2.45) is 0 Å². The van der Waals surface area contributed by atoms with Gasteiger partial charge in [0.1, 0.15) is 21.8 Å². The van der Waals surface area contributed by atoms with Crippen LogP contribution < -0.4 is 4.74 Å². The maximum absolute atomic E-state index is 6.13. The number of benzene rings is 1. The Morgan fingerprint density at radius 3 is 2.79 bits per heavy atom. The second-order valence-corrected chi connectivity index (χ2v) is 5.42. The van der Waals surface area contributed by atoms with Crippen LogP contribution in [0.25, 0.3) is 0 Å². The third-order valence-corrected chi connectivity index (χ3v) is 4.11. The summed E-state index contributed by atoms with van der Waals surface area (Å²) in [5, 5.41) is 1.42. The third-order valence-electron chi connectivity index (χ3n) is 2.66. The number of hydrogen-bond acceptors (Lipinski definition) is 4. The average molecular weight is 295 g/mol. The lowest BCUT2D eigenvalue weighted by atomic mass is 10.3.